The molecule has 1 aromatic carbocycles. The second-order valence-electron chi connectivity index (χ2n) is 5.89. The van der Waals surface area contributed by atoms with Crippen molar-refractivity contribution in [1.29, 1.82) is 0 Å². The molecule has 2 aliphatic carbocycles. The molecule has 1 aromatic rings. The van der Waals surface area contributed by atoms with Gasteiger partial charge in [-0.05, 0) is 43.2 Å². The number of hydrogen-bond donors (Lipinski definition) is 1. The predicted octanol–water partition coefficient (Wildman–Crippen LogP) is 2.01. The van der Waals surface area contributed by atoms with Crippen LogP contribution in [0.2, 0.25) is 0 Å². The lowest BCUT2D eigenvalue weighted by Gasteiger charge is -2.26. The average molecular weight is 243 g/mol. The fraction of sp³-hybridized carbons (Fsp3) is 0.533. The SMILES string of the molecule is O=C1[C@@H]2[C@@H]3CC[C@@H](C3)[C@@H]2[C@@H](O)N1c1ccccc1. The van der Waals surface area contributed by atoms with Crippen LogP contribution in [0.3, 0.4) is 0 Å². The first-order valence-electron chi connectivity index (χ1n) is 6.83. The van der Waals surface area contributed by atoms with Crippen LogP contribution in [-0.4, -0.2) is 17.2 Å². The van der Waals surface area contributed by atoms with Crippen molar-refractivity contribution < 1.29 is 9.90 Å². The monoisotopic (exact) mass is 243 g/mol. The van der Waals surface area contributed by atoms with Crippen LogP contribution in [0.4, 0.5) is 5.69 Å². The van der Waals surface area contributed by atoms with Gasteiger partial charge in [-0.25, -0.2) is 0 Å². The van der Waals surface area contributed by atoms with Crippen LogP contribution in [0, 0.1) is 23.7 Å². The number of para-hydroxylation sites is 1. The number of anilines is 1. The molecular weight excluding hydrogens is 226 g/mol. The number of aliphatic hydroxyl groups excluding tert-OH is 1. The van der Waals surface area contributed by atoms with E-state index in [4.69, 9.17) is 0 Å². The van der Waals surface area contributed by atoms with E-state index in [9.17, 15) is 9.90 Å². The highest BCUT2D eigenvalue weighted by atomic mass is 16.3. The summed E-state index contributed by atoms with van der Waals surface area (Å²) in [4.78, 5) is 14.2. The lowest BCUT2D eigenvalue weighted by molar-refractivity contribution is -0.122. The molecule has 1 aliphatic heterocycles. The van der Waals surface area contributed by atoms with Gasteiger partial charge in [-0.2, -0.15) is 0 Å². The molecule has 94 valence electrons. The summed E-state index contributed by atoms with van der Waals surface area (Å²) in [5, 5.41) is 10.5. The standard InChI is InChI=1S/C15H17NO2/c17-14-12-9-6-7-10(8-9)13(12)15(18)16(14)11-4-2-1-3-5-11/h1-5,9-10,12-14,17H,6-8H2/t9-,10+,12-,13+,14+/m0/s1. The molecular formula is C15H17NO2. The molecule has 4 rings (SSSR count). The van der Waals surface area contributed by atoms with E-state index in [1.165, 1.54) is 12.8 Å². The van der Waals surface area contributed by atoms with E-state index in [-0.39, 0.29) is 17.7 Å². The quantitative estimate of drug-likeness (QED) is 0.819. The van der Waals surface area contributed by atoms with Gasteiger partial charge in [0.15, 0.2) is 0 Å². The van der Waals surface area contributed by atoms with Crippen LogP contribution in [0.1, 0.15) is 19.3 Å². The predicted molar refractivity (Wildman–Crippen MR) is 67.7 cm³/mol. The van der Waals surface area contributed by atoms with Gasteiger partial charge >= 0.3 is 0 Å². The van der Waals surface area contributed by atoms with Crippen molar-refractivity contribution in [1.82, 2.24) is 0 Å². The minimum absolute atomic E-state index is 0.0824. The lowest BCUT2D eigenvalue weighted by atomic mass is 9.81. The Balaban J connectivity index is 1.73. The van der Waals surface area contributed by atoms with Gasteiger partial charge in [0.2, 0.25) is 5.91 Å². The Bertz CT molecular complexity index is 487. The Hall–Kier alpha value is -1.35. The maximum atomic E-state index is 12.6. The maximum absolute atomic E-state index is 12.6. The van der Waals surface area contributed by atoms with E-state index in [2.05, 4.69) is 0 Å². The van der Waals surface area contributed by atoms with Gasteiger partial charge in [0.1, 0.15) is 6.23 Å². The molecule has 0 aromatic heterocycles. The zero-order valence-electron chi connectivity index (χ0n) is 10.2. The highest BCUT2D eigenvalue weighted by Crippen LogP contribution is 2.57. The van der Waals surface area contributed by atoms with E-state index < -0.39 is 6.23 Å². The largest absolute Gasteiger partial charge is 0.373 e. The molecule has 1 N–H and O–H groups in total. The van der Waals surface area contributed by atoms with Crippen molar-refractivity contribution in [3.8, 4) is 0 Å². The van der Waals surface area contributed by atoms with Crippen LogP contribution in [0.25, 0.3) is 0 Å². The molecule has 0 radical (unpaired) electrons. The Kier molecular flexibility index (Phi) is 2.10. The number of fused-ring (bicyclic) bond motifs is 5. The molecule has 18 heavy (non-hydrogen) atoms. The summed E-state index contributed by atoms with van der Waals surface area (Å²) in [7, 11) is 0. The first-order chi connectivity index (χ1) is 8.77. The zero-order valence-corrected chi connectivity index (χ0v) is 10.2. The van der Waals surface area contributed by atoms with Gasteiger partial charge in [0.25, 0.3) is 0 Å². The van der Waals surface area contributed by atoms with Gasteiger partial charge in [0.05, 0.1) is 0 Å². The second kappa shape index (κ2) is 3.58. The number of benzene rings is 1. The van der Waals surface area contributed by atoms with Gasteiger partial charge in [-0.15, -0.1) is 0 Å². The molecule has 2 bridgehead atoms. The Morgan fingerprint density at radius 2 is 1.83 bits per heavy atom. The van der Waals surface area contributed by atoms with Crippen molar-refractivity contribution in [2.45, 2.75) is 25.5 Å². The van der Waals surface area contributed by atoms with E-state index >= 15 is 0 Å². The molecule has 3 nitrogen and oxygen atoms in total. The lowest BCUT2D eigenvalue weighted by Crippen LogP contribution is -2.36. The van der Waals surface area contributed by atoms with Crippen molar-refractivity contribution in [2.75, 3.05) is 4.90 Å². The minimum atomic E-state index is -0.611. The molecule has 1 amide bonds. The van der Waals surface area contributed by atoms with E-state index in [1.807, 2.05) is 30.3 Å². The highest BCUT2D eigenvalue weighted by molar-refractivity contribution is 5.98. The number of carbonyl (C=O) groups excluding carboxylic acids is 1. The summed E-state index contributed by atoms with van der Waals surface area (Å²) in [5.41, 5.74) is 0.837. The third-order valence-electron chi connectivity index (χ3n) is 5.15. The van der Waals surface area contributed by atoms with Gasteiger partial charge in [-0.3, -0.25) is 9.69 Å². The van der Waals surface area contributed by atoms with Crippen LogP contribution in [-0.2, 0) is 4.79 Å². The molecule has 5 atom stereocenters. The molecule has 1 heterocycles. The van der Waals surface area contributed by atoms with E-state index in [0.717, 1.165) is 12.1 Å². The number of aliphatic hydroxyl groups is 1. The molecule has 0 spiro atoms. The topological polar surface area (TPSA) is 40.5 Å². The Morgan fingerprint density at radius 3 is 2.56 bits per heavy atom. The number of rotatable bonds is 1. The fourth-order valence-electron chi connectivity index (χ4n) is 4.46. The second-order valence-corrected chi connectivity index (χ2v) is 5.89. The first kappa shape index (κ1) is 10.6. The fourth-order valence-corrected chi connectivity index (χ4v) is 4.46. The van der Waals surface area contributed by atoms with E-state index in [1.54, 1.807) is 4.90 Å². The smallest absolute Gasteiger partial charge is 0.232 e. The molecule has 2 saturated carbocycles. The van der Waals surface area contributed by atoms with Crippen LogP contribution >= 0.6 is 0 Å². The zero-order chi connectivity index (χ0) is 12.3. The number of amides is 1. The summed E-state index contributed by atoms with van der Waals surface area (Å²) in [6, 6.07) is 9.57. The number of nitrogens with zero attached hydrogens (tertiary/aromatic N) is 1. The van der Waals surface area contributed by atoms with Crippen molar-refractivity contribution >= 4 is 11.6 Å². The third kappa shape index (κ3) is 1.20. The third-order valence-corrected chi connectivity index (χ3v) is 5.15. The number of hydrogen-bond acceptors (Lipinski definition) is 2. The molecule has 1 saturated heterocycles. The highest BCUT2D eigenvalue weighted by Gasteiger charge is 2.60. The van der Waals surface area contributed by atoms with E-state index in [0.29, 0.717) is 11.8 Å². The minimum Gasteiger partial charge on any atom is -0.373 e. The summed E-state index contributed by atoms with van der Waals surface area (Å²) in [6.07, 6.45) is 2.91. The summed E-state index contributed by atoms with van der Waals surface area (Å²) < 4.78 is 0. The van der Waals surface area contributed by atoms with Gasteiger partial charge < -0.3 is 5.11 Å². The van der Waals surface area contributed by atoms with Crippen LogP contribution < -0.4 is 4.90 Å². The van der Waals surface area contributed by atoms with Crippen LogP contribution in [0.5, 0.6) is 0 Å². The van der Waals surface area contributed by atoms with Crippen molar-refractivity contribution in [3.63, 3.8) is 0 Å². The van der Waals surface area contributed by atoms with Crippen molar-refractivity contribution in [2.24, 2.45) is 23.7 Å². The molecule has 3 heteroatoms. The Labute approximate surface area is 106 Å². The summed E-state index contributed by atoms with van der Waals surface area (Å²) in [5.74, 6) is 1.49. The molecule has 0 unspecified atom stereocenters. The van der Waals surface area contributed by atoms with Gasteiger partial charge in [0, 0.05) is 17.5 Å². The van der Waals surface area contributed by atoms with Crippen molar-refractivity contribution in [3.05, 3.63) is 30.3 Å². The molecule has 3 aliphatic rings. The summed E-state index contributed by atoms with van der Waals surface area (Å²) in [6.45, 7) is 0. The molecule has 3 fully saturated rings. The van der Waals surface area contributed by atoms with Crippen LogP contribution in [0.15, 0.2) is 30.3 Å². The van der Waals surface area contributed by atoms with Gasteiger partial charge in [-0.1, -0.05) is 18.2 Å². The normalized spacial score (nSPS) is 41.5. The maximum Gasteiger partial charge on any atom is 0.232 e. The number of carbonyl (C=O) groups is 1. The first-order valence-corrected chi connectivity index (χ1v) is 6.83. The average Bonchev–Trinajstić information content (AvgIpc) is 3.05. The summed E-state index contributed by atoms with van der Waals surface area (Å²) >= 11 is 0. The Morgan fingerprint density at radius 1 is 1.11 bits per heavy atom.